The summed E-state index contributed by atoms with van der Waals surface area (Å²) in [7, 11) is 1.64. The first kappa shape index (κ1) is 15.2. The number of H-pyrrole nitrogens is 1. The van der Waals surface area contributed by atoms with Crippen molar-refractivity contribution in [3.63, 3.8) is 0 Å². The van der Waals surface area contributed by atoms with Gasteiger partial charge in [0.25, 0.3) is 0 Å². The molecule has 116 valence electrons. The van der Waals surface area contributed by atoms with E-state index in [1.165, 1.54) is 0 Å². The Morgan fingerprint density at radius 3 is 2.61 bits per heavy atom. The molecule has 0 saturated heterocycles. The maximum atomic E-state index is 5.28. The van der Waals surface area contributed by atoms with E-state index in [-0.39, 0.29) is 0 Å². The van der Waals surface area contributed by atoms with Crippen LogP contribution in [0.4, 0.5) is 0 Å². The topological polar surface area (TPSA) is 55.2 Å². The molecule has 0 spiro atoms. The average molecular weight is 324 g/mol. The molecule has 0 bridgehead atoms. The fourth-order valence-corrected chi connectivity index (χ4v) is 2.39. The molecule has 0 aliphatic heterocycles. The van der Waals surface area contributed by atoms with Gasteiger partial charge in [0.1, 0.15) is 5.75 Å². The van der Waals surface area contributed by atoms with Gasteiger partial charge in [0, 0.05) is 5.56 Å². The van der Waals surface area contributed by atoms with E-state index in [0.717, 1.165) is 22.4 Å². The van der Waals surface area contributed by atoms with Gasteiger partial charge < -0.3 is 4.74 Å². The van der Waals surface area contributed by atoms with Crippen LogP contribution in [0, 0.1) is 11.7 Å². The number of nitrogens with one attached hydrogen (secondary N) is 1. The van der Waals surface area contributed by atoms with E-state index in [2.05, 4.69) is 15.3 Å². The molecule has 0 unspecified atom stereocenters. The normalized spacial score (nSPS) is 11.0. The van der Waals surface area contributed by atoms with Crippen LogP contribution in [0.15, 0.2) is 53.6 Å². The third kappa shape index (κ3) is 3.22. The van der Waals surface area contributed by atoms with Crippen LogP contribution in [0.3, 0.4) is 0 Å². The Labute approximate surface area is 139 Å². The minimum atomic E-state index is 0.452. The minimum Gasteiger partial charge on any atom is -0.497 e. The zero-order valence-electron chi connectivity index (χ0n) is 12.9. The van der Waals surface area contributed by atoms with Gasteiger partial charge in [-0.3, -0.25) is 0 Å². The molecule has 2 aromatic carbocycles. The van der Waals surface area contributed by atoms with Crippen molar-refractivity contribution in [3.8, 4) is 17.1 Å². The van der Waals surface area contributed by atoms with E-state index < -0.39 is 0 Å². The molecule has 0 radical (unpaired) electrons. The van der Waals surface area contributed by atoms with Crippen LogP contribution in [0.1, 0.15) is 11.1 Å². The van der Waals surface area contributed by atoms with Gasteiger partial charge in [0.2, 0.25) is 4.77 Å². The molecule has 0 amide bonds. The van der Waals surface area contributed by atoms with Crippen LogP contribution >= 0.6 is 12.2 Å². The van der Waals surface area contributed by atoms with Crippen molar-refractivity contribution in [2.75, 3.05) is 7.11 Å². The van der Waals surface area contributed by atoms with Crippen LogP contribution in [-0.4, -0.2) is 28.2 Å². The van der Waals surface area contributed by atoms with Crippen molar-refractivity contribution in [1.82, 2.24) is 14.9 Å². The largest absolute Gasteiger partial charge is 0.497 e. The van der Waals surface area contributed by atoms with Crippen molar-refractivity contribution in [2.45, 2.75) is 6.92 Å². The van der Waals surface area contributed by atoms with Gasteiger partial charge in [-0.05, 0) is 54.5 Å². The first-order chi connectivity index (χ1) is 11.2. The van der Waals surface area contributed by atoms with E-state index in [1.807, 2.05) is 55.5 Å². The number of aryl methyl sites for hydroxylation is 1. The highest BCUT2D eigenvalue weighted by atomic mass is 32.1. The Bertz CT molecular complexity index is 893. The lowest BCUT2D eigenvalue weighted by atomic mass is 10.1. The first-order valence-electron chi connectivity index (χ1n) is 7.11. The molecule has 1 heterocycles. The van der Waals surface area contributed by atoms with Crippen molar-refractivity contribution >= 4 is 18.4 Å². The number of hydrogen-bond acceptors (Lipinski definition) is 4. The molecule has 3 aromatic rings. The maximum Gasteiger partial charge on any atom is 0.216 e. The van der Waals surface area contributed by atoms with Crippen molar-refractivity contribution < 1.29 is 4.74 Å². The summed E-state index contributed by atoms with van der Waals surface area (Å²) in [5, 5.41) is 11.6. The molecule has 5 nitrogen and oxygen atoms in total. The fourth-order valence-electron chi connectivity index (χ4n) is 2.21. The summed E-state index contributed by atoms with van der Waals surface area (Å²) in [4.78, 5) is 0. The predicted octanol–water partition coefficient (Wildman–Crippen LogP) is 3.81. The Morgan fingerprint density at radius 1 is 1.17 bits per heavy atom. The lowest BCUT2D eigenvalue weighted by molar-refractivity contribution is 0.415. The van der Waals surface area contributed by atoms with E-state index in [4.69, 9.17) is 17.0 Å². The first-order valence-corrected chi connectivity index (χ1v) is 7.51. The highest BCUT2D eigenvalue weighted by Gasteiger charge is 2.09. The van der Waals surface area contributed by atoms with E-state index in [0.29, 0.717) is 10.6 Å². The van der Waals surface area contributed by atoms with Gasteiger partial charge in [-0.2, -0.15) is 14.9 Å². The maximum absolute atomic E-state index is 5.28. The molecule has 6 heteroatoms. The minimum absolute atomic E-state index is 0.452. The van der Waals surface area contributed by atoms with Crippen LogP contribution in [0.2, 0.25) is 0 Å². The quantitative estimate of drug-likeness (QED) is 0.586. The average Bonchev–Trinajstić information content (AvgIpc) is 2.94. The third-order valence-corrected chi connectivity index (χ3v) is 3.74. The predicted molar refractivity (Wildman–Crippen MR) is 93.6 cm³/mol. The number of nitrogens with zero attached hydrogens (tertiary/aromatic N) is 3. The Morgan fingerprint density at radius 2 is 1.91 bits per heavy atom. The molecule has 0 aliphatic carbocycles. The Balaban J connectivity index is 1.97. The number of hydrogen-bond donors (Lipinski definition) is 1. The number of aromatic nitrogens is 3. The van der Waals surface area contributed by atoms with E-state index in [1.54, 1.807) is 18.0 Å². The summed E-state index contributed by atoms with van der Waals surface area (Å²) in [6.45, 7) is 2.03. The highest BCUT2D eigenvalue weighted by molar-refractivity contribution is 7.71. The second-order valence-corrected chi connectivity index (χ2v) is 5.38. The summed E-state index contributed by atoms with van der Waals surface area (Å²) in [5.74, 6) is 1.50. The van der Waals surface area contributed by atoms with E-state index >= 15 is 0 Å². The van der Waals surface area contributed by atoms with Gasteiger partial charge in [-0.1, -0.05) is 24.3 Å². The SMILES string of the molecule is COc1ccc(/C=N/n2c(-c3ccccc3C)n[nH]c2=S)cc1. The second kappa shape index (κ2) is 6.58. The van der Waals surface area contributed by atoms with Crippen LogP contribution in [0.25, 0.3) is 11.4 Å². The van der Waals surface area contributed by atoms with Gasteiger partial charge in [0.15, 0.2) is 5.82 Å². The van der Waals surface area contributed by atoms with Crippen molar-refractivity contribution in [2.24, 2.45) is 5.10 Å². The Kier molecular flexibility index (Phi) is 4.34. The van der Waals surface area contributed by atoms with Gasteiger partial charge in [-0.25, -0.2) is 5.10 Å². The van der Waals surface area contributed by atoms with E-state index in [9.17, 15) is 0 Å². The van der Waals surface area contributed by atoms with Crippen molar-refractivity contribution in [3.05, 3.63) is 64.4 Å². The number of ether oxygens (including phenoxy) is 1. The van der Waals surface area contributed by atoms with Gasteiger partial charge in [-0.15, -0.1) is 0 Å². The fraction of sp³-hybridized carbons (Fsp3) is 0.118. The monoisotopic (exact) mass is 324 g/mol. The molecular formula is C17H16N4OS. The lowest BCUT2D eigenvalue weighted by Crippen LogP contribution is -1.96. The summed E-state index contributed by atoms with van der Waals surface area (Å²) >= 11 is 5.28. The van der Waals surface area contributed by atoms with Crippen LogP contribution in [0.5, 0.6) is 5.75 Å². The van der Waals surface area contributed by atoms with Crippen LogP contribution < -0.4 is 4.74 Å². The summed E-state index contributed by atoms with van der Waals surface area (Å²) < 4.78 is 7.23. The highest BCUT2D eigenvalue weighted by Crippen LogP contribution is 2.21. The lowest BCUT2D eigenvalue weighted by Gasteiger charge is -2.04. The summed E-state index contributed by atoms with van der Waals surface area (Å²) in [6.07, 6.45) is 1.74. The molecule has 0 fully saturated rings. The molecule has 0 atom stereocenters. The summed E-state index contributed by atoms with van der Waals surface area (Å²) in [6, 6.07) is 15.6. The Hall–Kier alpha value is -2.73. The van der Waals surface area contributed by atoms with Crippen LogP contribution in [-0.2, 0) is 0 Å². The summed E-state index contributed by atoms with van der Waals surface area (Å²) in [5.41, 5.74) is 3.05. The number of aromatic amines is 1. The molecule has 0 saturated carbocycles. The third-order valence-electron chi connectivity index (χ3n) is 3.47. The smallest absolute Gasteiger partial charge is 0.216 e. The second-order valence-electron chi connectivity index (χ2n) is 5.00. The zero-order chi connectivity index (χ0) is 16.2. The van der Waals surface area contributed by atoms with Gasteiger partial charge >= 0.3 is 0 Å². The number of benzene rings is 2. The van der Waals surface area contributed by atoms with Crippen molar-refractivity contribution in [1.29, 1.82) is 0 Å². The molecule has 3 rings (SSSR count). The molecule has 1 N–H and O–H groups in total. The van der Waals surface area contributed by atoms with Gasteiger partial charge in [0.05, 0.1) is 13.3 Å². The molecular weight excluding hydrogens is 308 g/mol. The number of methoxy groups -OCH3 is 1. The molecule has 23 heavy (non-hydrogen) atoms. The standard InChI is InChI=1S/C17H16N4OS/c1-12-5-3-4-6-15(12)16-19-20-17(23)21(16)18-11-13-7-9-14(22-2)10-8-13/h3-11H,1-2H3,(H,20,23)/b18-11+. The number of rotatable bonds is 4. The zero-order valence-corrected chi connectivity index (χ0v) is 13.7. The molecule has 1 aromatic heterocycles. The molecule has 0 aliphatic rings.